The van der Waals surface area contributed by atoms with Crippen molar-refractivity contribution in [2.24, 2.45) is 0 Å². The topological polar surface area (TPSA) is 89.2 Å². The summed E-state index contributed by atoms with van der Waals surface area (Å²) in [6.07, 6.45) is 3.17. The highest BCUT2D eigenvalue weighted by Crippen LogP contribution is 2.31. The maximum absolute atomic E-state index is 11.6. The number of amides is 2. The zero-order chi connectivity index (χ0) is 11.7. The molecule has 2 rings (SSSR count). The van der Waals surface area contributed by atoms with Crippen molar-refractivity contribution in [1.82, 2.24) is 14.9 Å². The van der Waals surface area contributed by atoms with Gasteiger partial charge in [0.05, 0.1) is 5.25 Å². The number of thioether (sulfide) groups is 1. The van der Waals surface area contributed by atoms with Crippen molar-refractivity contribution in [3.8, 4) is 0 Å². The van der Waals surface area contributed by atoms with Crippen molar-refractivity contribution in [1.29, 1.82) is 0 Å². The first kappa shape index (κ1) is 10.9. The molecule has 7 heteroatoms. The van der Waals surface area contributed by atoms with Crippen molar-refractivity contribution < 1.29 is 9.59 Å². The van der Waals surface area contributed by atoms with Gasteiger partial charge in [-0.3, -0.25) is 14.5 Å². The molecule has 2 heterocycles. The van der Waals surface area contributed by atoms with Crippen LogP contribution in [0.25, 0.3) is 0 Å². The number of carbonyl (C=O) groups excluding carboxylic acids is 2. The van der Waals surface area contributed by atoms with Crippen LogP contribution < -0.4 is 5.73 Å². The summed E-state index contributed by atoms with van der Waals surface area (Å²) >= 11 is 1.18. The smallest absolute Gasteiger partial charge is 0.242 e. The highest BCUT2D eigenvalue weighted by Gasteiger charge is 2.37. The number of nitrogens with zero attached hydrogens (tertiary/aromatic N) is 3. The van der Waals surface area contributed by atoms with Gasteiger partial charge in [-0.15, -0.1) is 0 Å². The number of imide groups is 1. The van der Waals surface area contributed by atoms with Gasteiger partial charge in [0, 0.05) is 25.9 Å². The summed E-state index contributed by atoms with van der Waals surface area (Å²) in [5.41, 5.74) is 5.61. The molecule has 1 aromatic heterocycles. The van der Waals surface area contributed by atoms with E-state index in [0.717, 1.165) is 4.90 Å². The lowest BCUT2D eigenvalue weighted by Gasteiger charge is -2.08. The minimum atomic E-state index is -0.434. The van der Waals surface area contributed by atoms with Crippen LogP contribution in [-0.2, 0) is 9.59 Å². The van der Waals surface area contributed by atoms with Gasteiger partial charge in [0.15, 0.2) is 5.82 Å². The number of nitrogen functional groups attached to an aromatic ring is 1. The standard InChI is InChI=1S/C9H10N4O2S/c1-13-6(14)4-5(9(13)15)16-8-7(10)11-2-3-12-8/h2-3,5H,4H2,1H3,(H2,10,11). The molecule has 6 nitrogen and oxygen atoms in total. The molecule has 1 aromatic rings. The SMILES string of the molecule is CN1C(=O)CC(Sc2nccnc2N)C1=O. The first-order valence-corrected chi connectivity index (χ1v) is 5.51. The van der Waals surface area contributed by atoms with Crippen LogP contribution in [0.5, 0.6) is 0 Å². The minimum absolute atomic E-state index is 0.176. The van der Waals surface area contributed by atoms with Crippen molar-refractivity contribution in [3.63, 3.8) is 0 Å². The Morgan fingerprint density at radius 2 is 2.12 bits per heavy atom. The maximum atomic E-state index is 11.6. The van der Waals surface area contributed by atoms with Gasteiger partial charge in [0.1, 0.15) is 5.03 Å². The summed E-state index contributed by atoms with van der Waals surface area (Å²) < 4.78 is 0. The van der Waals surface area contributed by atoms with Gasteiger partial charge in [-0.25, -0.2) is 9.97 Å². The van der Waals surface area contributed by atoms with Crippen molar-refractivity contribution in [2.75, 3.05) is 12.8 Å². The molecular formula is C9H10N4O2S. The molecule has 0 aliphatic carbocycles. The van der Waals surface area contributed by atoms with E-state index < -0.39 is 5.25 Å². The van der Waals surface area contributed by atoms with E-state index in [9.17, 15) is 9.59 Å². The molecule has 2 N–H and O–H groups in total. The Labute approximate surface area is 96.2 Å². The average Bonchev–Trinajstić information content (AvgIpc) is 2.50. The van der Waals surface area contributed by atoms with E-state index in [0.29, 0.717) is 5.03 Å². The third-order valence-electron chi connectivity index (χ3n) is 2.29. The molecule has 0 spiro atoms. The average molecular weight is 238 g/mol. The van der Waals surface area contributed by atoms with Gasteiger partial charge < -0.3 is 5.73 Å². The predicted molar refractivity (Wildman–Crippen MR) is 58.5 cm³/mol. The Kier molecular flexibility index (Phi) is 2.78. The van der Waals surface area contributed by atoms with Crippen molar-refractivity contribution in [3.05, 3.63) is 12.4 Å². The normalized spacial score (nSPS) is 20.6. The first-order valence-electron chi connectivity index (χ1n) is 4.63. The number of rotatable bonds is 2. The number of aromatic nitrogens is 2. The number of anilines is 1. The molecule has 1 unspecified atom stereocenters. The quantitative estimate of drug-likeness (QED) is 0.724. The van der Waals surface area contributed by atoms with Gasteiger partial charge in [-0.1, -0.05) is 11.8 Å². The molecular weight excluding hydrogens is 228 g/mol. The van der Waals surface area contributed by atoms with Gasteiger partial charge in [-0.2, -0.15) is 0 Å². The van der Waals surface area contributed by atoms with Crippen LogP contribution in [0.15, 0.2) is 17.4 Å². The molecule has 1 aliphatic rings. The first-order chi connectivity index (χ1) is 7.59. The van der Waals surface area contributed by atoms with Gasteiger partial charge in [-0.05, 0) is 0 Å². The number of carbonyl (C=O) groups is 2. The lowest BCUT2D eigenvalue weighted by Crippen LogP contribution is -2.26. The van der Waals surface area contributed by atoms with E-state index in [1.54, 1.807) is 0 Å². The van der Waals surface area contributed by atoms with Gasteiger partial charge >= 0.3 is 0 Å². The predicted octanol–water partition coefficient (Wildman–Crippen LogP) is -0.0918. The Balaban J connectivity index is 2.15. The Bertz CT molecular complexity index is 451. The molecule has 16 heavy (non-hydrogen) atoms. The summed E-state index contributed by atoms with van der Waals surface area (Å²) in [5.74, 6) is -0.104. The van der Waals surface area contributed by atoms with Crippen LogP contribution in [0.2, 0.25) is 0 Å². The van der Waals surface area contributed by atoms with Crippen LogP contribution in [0.1, 0.15) is 6.42 Å². The summed E-state index contributed by atoms with van der Waals surface area (Å²) in [5, 5.41) is 0.0560. The second kappa shape index (κ2) is 4.09. The Morgan fingerprint density at radius 3 is 2.69 bits per heavy atom. The Morgan fingerprint density at radius 1 is 1.44 bits per heavy atom. The number of likely N-dealkylation sites (tertiary alicyclic amines) is 1. The van der Waals surface area contributed by atoms with E-state index in [1.807, 2.05) is 0 Å². The molecule has 0 bridgehead atoms. The second-order valence-corrected chi connectivity index (χ2v) is 4.54. The number of nitrogens with two attached hydrogens (primary N) is 1. The van der Waals surface area contributed by atoms with E-state index in [1.165, 1.54) is 31.2 Å². The summed E-state index contributed by atoms with van der Waals surface area (Å²) in [7, 11) is 1.48. The van der Waals surface area contributed by atoms with Crippen molar-refractivity contribution >= 4 is 29.4 Å². The zero-order valence-electron chi connectivity index (χ0n) is 8.58. The van der Waals surface area contributed by atoms with Crippen LogP contribution in [0.4, 0.5) is 5.82 Å². The molecule has 0 saturated carbocycles. The molecule has 1 fully saturated rings. The molecule has 84 valence electrons. The monoisotopic (exact) mass is 238 g/mol. The second-order valence-electron chi connectivity index (χ2n) is 3.35. The van der Waals surface area contributed by atoms with Crippen molar-refractivity contribution in [2.45, 2.75) is 16.7 Å². The molecule has 1 aliphatic heterocycles. The molecule has 1 atom stereocenters. The van der Waals surface area contributed by atoms with E-state index in [2.05, 4.69) is 9.97 Å². The Hall–Kier alpha value is -1.63. The lowest BCUT2D eigenvalue weighted by molar-refractivity contribution is -0.136. The van der Waals surface area contributed by atoms with Gasteiger partial charge in [0.2, 0.25) is 11.8 Å². The highest BCUT2D eigenvalue weighted by molar-refractivity contribution is 8.00. The summed E-state index contributed by atoms with van der Waals surface area (Å²) in [6.45, 7) is 0. The third kappa shape index (κ3) is 1.85. The fraction of sp³-hybridized carbons (Fsp3) is 0.333. The van der Waals surface area contributed by atoms with E-state index in [-0.39, 0.29) is 24.1 Å². The maximum Gasteiger partial charge on any atom is 0.242 e. The van der Waals surface area contributed by atoms with Crippen LogP contribution in [-0.4, -0.2) is 39.0 Å². The molecule has 2 amide bonds. The highest BCUT2D eigenvalue weighted by atomic mass is 32.2. The molecule has 0 radical (unpaired) electrons. The van der Waals surface area contributed by atoms with E-state index >= 15 is 0 Å². The molecule has 1 saturated heterocycles. The fourth-order valence-corrected chi connectivity index (χ4v) is 2.42. The zero-order valence-corrected chi connectivity index (χ0v) is 9.40. The van der Waals surface area contributed by atoms with Gasteiger partial charge in [0.25, 0.3) is 0 Å². The molecule has 0 aromatic carbocycles. The minimum Gasteiger partial charge on any atom is -0.381 e. The number of hydrogen-bond acceptors (Lipinski definition) is 6. The van der Waals surface area contributed by atoms with E-state index in [4.69, 9.17) is 5.73 Å². The largest absolute Gasteiger partial charge is 0.381 e. The fourth-order valence-electron chi connectivity index (χ4n) is 1.38. The third-order valence-corrected chi connectivity index (χ3v) is 3.48. The number of hydrogen-bond donors (Lipinski definition) is 1. The van der Waals surface area contributed by atoms with Crippen LogP contribution in [0.3, 0.4) is 0 Å². The lowest BCUT2D eigenvalue weighted by atomic mass is 10.4. The summed E-state index contributed by atoms with van der Waals surface area (Å²) in [4.78, 5) is 31.9. The summed E-state index contributed by atoms with van der Waals surface area (Å²) in [6, 6.07) is 0. The van der Waals surface area contributed by atoms with Crippen LogP contribution in [0, 0.1) is 0 Å². The van der Waals surface area contributed by atoms with Crippen LogP contribution >= 0.6 is 11.8 Å².